The van der Waals surface area contributed by atoms with Gasteiger partial charge in [-0.05, 0) is 69.2 Å². The predicted octanol–water partition coefficient (Wildman–Crippen LogP) is 5.79. The van der Waals surface area contributed by atoms with E-state index in [1.54, 1.807) is 7.11 Å². The second-order valence-corrected chi connectivity index (χ2v) is 9.57. The maximum Gasteiger partial charge on any atom is 0.160 e. The summed E-state index contributed by atoms with van der Waals surface area (Å²) in [5.74, 6) is 1.98. The van der Waals surface area contributed by atoms with E-state index in [4.69, 9.17) is 14.7 Å². The van der Waals surface area contributed by atoms with Gasteiger partial charge in [0.2, 0.25) is 0 Å². The van der Waals surface area contributed by atoms with Gasteiger partial charge in [-0.15, -0.1) is 0 Å². The summed E-state index contributed by atoms with van der Waals surface area (Å²) in [6.07, 6.45) is 3.00. The Kier molecular flexibility index (Phi) is 5.49. The van der Waals surface area contributed by atoms with Crippen LogP contribution in [-0.4, -0.2) is 38.5 Å². The Morgan fingerprint density at radius 1 is 1.06 bits per heavy atom. The van der Waals surface area contributed by atoms with E-state index < -0.39 is 0 Å². The Bertz CT molecular complexity index is 1150. The van der Waals surface area contributed by atoms with Gasteiger partial charge in [0.05, 0.1) is 18.8 Å². The average molecular weight is 447 g/mol. The number of nitrogens with zero attached hydrogens (tertiary/aromatic N) is 4. The Labute approximate surface area is 194 Å². The number of hydrogen-bond donors (Lipinski definition) is 0. The van der Waals surface area contributed by atoms with Crippen LogP contribution in [0.5, 0.6) is 5.75 Å². The van der Waals surface area contributed by atoms with Gasteiger partial charge < -0.3 is 14.2 Å². The van der Waals surface area contributed by atoms with Crippen LogP contribution in [0.4, 0.5) is 0 Å². The van der Waals surface area contributed by atoms with E-state index in [2.05, 4.69) is 61.4 Å². The van der Waals surface area contributed by atoms with E-state index in [9.17, 15) is 0 Å². The maximum atomic E-state index is 5.37. The van der Waals surface area contributed by atoms with Crippen LogP contribution in [0.3, 0.4) is 0 Å². The minimum atomic E-state index is 0.0107. The molecule has 0 saturated carbocycles. The summed E-state index contributed by atoms with van der Waals surface area (Å²) in [6.45, 7) is 9.01. The Hall–Kier alpha value is -2.73. The molecule has 2 aliphatic heterocycles. The summed E-state index contributed by atoms with van der Waals surface area (Å²) in [7, 11) is 1.71. The molecule has 2 aromatic heterocycles. The molecular weight excluding hydrogens is 416 g/mol. The number of fused-ring (bicyclic) bond motifs is 1. The van der Waals surface area contributed by atoms with Gasteiger partial charge in [-0.2, -0.15) is 0 Å². The minimum absolute atomic E-state index is 0.0107. The number of pyridine rings is 1. The average Bonchev–Trinajstić information content (AvgIpc) is 3.46. The summed E-state index contributed by atoms with van der Waals surface area (Å²) in [4.78, 5) is 12.5. The highest BCUT2D eigenvalue weighted by Gasteiger charge is 2.47. The molecule has 0 amide bonds. The monoisotopic (exact) mass is 446 g/mol. The minimum Gasteiger partial charge on any atom is -0.497 e. The van der Waals surface area contributed by atoms with Crippen LogP contribution in [0, 0.1) is 20.8 Å². The van der Waals surface area contributed by atoms with Crippen LogP contribution >= 0.6 is 11.8 Å². The molecule has 0 N–H and O–H groups in total. The van der Waals surface area contributed by atoms with E-state index >= 15 is 0 Å². The van der Waals surface area contributed by atoms with Crippen molar-refractivity contribution in [1.29, 1.82) is 0 Å². The summed E-state index contributed by atoms with van der Waals surface area (Å²) < 4.78 is 7.75. The number of methoxy groups -OCH3 is 1. The molecule has 5 rings (SSSR count). The molecule has 5 nitrogen and oxygen atoms in total. The maximum absolute atomic E-state index is 5.37. The first-order valence-electron chi connectivity index (χ1n) is 11.3. The van der Waals surface area contributed by atoms with Crippen LogP contribution < -0.4 is 4.74 Å². The summed E-state index contributed by atoms with van der Waals surface area (Å²) >= 11 is 1.89. The van der Waals surface area contributed by atoms with E-state index in [0.717, 1.165) is 29.3 Å². The lowest BCUT2D eigenvalue weighted by molar-refractivity contribution is 0.254. The topological polar surface area (TPSA) is 42.6 Å². The van der Waals surface area contributed by atoms with E-state index in [0.29, 0.717) is 6.04 Å². The van der Waals surface area contributed by atoms with Crippen molar-refractivity contribution in [3.05, 3.63) is 76.9 Å². The molecular formula is C26H30N4OS. The third-order valence-electron chi connectivity index (χ3n) is 6.96. The molecule has 0 aliphatic carbocycles. The number of thioether (sulfide) groups is 1. The zero-order valence-electron chi connectivity index (χ0n) is 19.4. The van der Waals surface area contributed by atoms with Crippen molar-refractivity contribution in [2.24, 2.45) is 4.99 Å². The van der Waals surface area contributed by atoms with Crippen LogP contribution in [0.1, 0.15) is 53.6 Å². The molecule has 1 aromatic carbocycles. The number of rotatable bonds is 5. The van der Waals surface area contributed by atoms with Crippen molar-refractivity contribution < 1.29 is 4.74 Å². The van der Waals surface area contributed by atoms with Gasteiger partial charge in [0.1, 0.15) is 11.8 Å². The normalized spacial score (nSPS) is 22.2. The molecule has 2 aliphatic rings. The first-order valence-corrected chi connectivity index (χ1v) is 12.3. The van der Waals surface area contributed by atoms with Crippen molar-refractivity contribution in [3.8, 4) is 11.4 Å². The second-order valence-electron chi connectivity index (χ2n) is 8.58. The molecule has 166 valence electrons. The molecule has 4 heterocycles. The van der Waals surface area contributed by atoms with Gasteiger partial charge in [0.25, 0.3) is 0 Å². The fourth-order valence-electron chi connectivity index (χ4n) is 5.22. The largest absolute Gasteiger partial charge is 0.497 e. The third-order valence-corrected chi connectivity index (χ3v) is 8.09. The zero-order chi connectivity index (χ0) is 22.4. The SMILES string of the molecule is CCC1CSC2=NC(c3ccccn3)C(c3c(C)c(C)n(-c4ccc(OC)cc4)c3C)N21. The first-order chi connectivity index (χ1) is 15.5. The highest BCUT2D eigenvalue weighted by Crippen LogP contribution is 2.50. The summed E-state index contributed by atoms with van der Waals surface area (Å²) in [6, 6.07) is 15.2. The Balaban J connectivity index is 1.66. The fourth-order valence-corrected chi connectivity index (χ4v) is 6.56. The molecule has 1 fully saturated rings. The number of ether oxygens (including phenoxy) is 1. The smallest absolute Gasteiger partial charge is 0.160 e. The Morgan fingerprint density at radius 3 is 2.50 bits per heavy atom. The van der Waals surface area contributed by atoms with Gasteiger partial charge in [0.15, 0.2) is 5.17 Å². The zero-order valence-corrected chi connectivity index (χ0v) is 20.2. The number of amidine groups is 1. The number of hydrogen-bond acceptors (Lipinski definition) is 5. The van der Waals surface area contributed by atoms with Gasteiger partial charge in [0, 0.05) is 40.6 Å². The van der Waals surface area contributed by atoms with Gasteiger partial charge in [-0.25, -0.2) is 0 Å². The molecule has 32 heavy (non-hydrogen) atoms. The quantitative estimate of drug-likeness (QED) is 0.498. The number of aliphatic imine (C=N–C) groups is 1. The van der Waals surface area contributed by atoms with Crippen LogP contribution in [0.15, 0.2) is 53.7 Å². The molecule has 1 saturated heterocycles. The van der Waals surface area contributed by atoms with Crippen LogP contribution in [0.25, 0.3) is 5.69 Å². The number of benzene rings is 1. The first kappa shape index (κ1) is 21.1. The summed E-state index contributed by atoms with van der Waals surface area (Å²) in [5, 5.41) is 1.17. The van der Waals surface area contributed by atoms with Crippen molar-refractivity contribution in [2.75, 3.05) is 12.9 Å². The van der Waals surface area contributed by atoms with E-state index in [-0.39, 0.29) is 12.1 Å². The third kappa shape index (κ3) is 3.24. The fraction of sp³-hybridized carbons (Fsp3) is 0.385. The second kappa shape index (κ2) is 8.32. The predicted molar refractivity (Wildman–Crippen MR) is 132 cm³/mol. The van der Waals surface area contributed by atoms with Gasteiger partial charge >= 0.3 is 0 Å². The lowest BCUT2D eigenvalue weighted by Gasteiger charge is -2.32. The molecule has 0 radical (unpaired) electrons. The molecule has 6 heteroatoms. The lowest BCUT2D eigenvalue weighted by atomic mass is 9.92. The van der Waals surface area contributed by atoms with E-state index in [1.807, 2.05) is 36.2 Å². The summed E-state index contributed by atoms with van der Waals surface area (Å²) in [5.41, 5.74) is 7.48. The molecule has 3 atom stereocenters. The van der Waals surface area contributed by atoms with Crippen molar-refractivity contribution in [3.63, 3.8) is 0 Å². The molecule has 3 unspecified atom stereocenters. The molecule has 3 aromatic rings. The molecule has 0 bridgehead atoms. The van der Waals surface area contributed by atoms with Crippen molar-refractivity contribution >= 4 is 16.9 Å². The Morgan fingerprint density at radius 2 is 1.84 bits per heavy atom. The van der Waals surface area contributed by atoms with Crippen LogP contribution in [-0.2, 0) is 0 Å². The highest BCUT2D eigenvalue weighted by molar-refractivity contribution is 8.14. The lowest BCUT2D eigenvalue weighted by Crippen LogP contribution is -2.35. The van der Waals surface area contributed by atoms with Crippen LogP contribution in [0.2, 0.25) is 0 Å². The standard InChI is InChI=1S/C26H30N4OS/c1-6-19-15-32-26-28-24(22-9-7-8-14-27-22)25(30(19)26)23-16(2)17(3)29(18(23)4)20-10-12-21(31-5)13-11-20/h7-14,19,24-25H,6,15H2,1-5H3. The van der Waals surface area contributed by atoms with E-state index in [1.165, 1.54) is 27.7 Å². The van der Waals surface area contributed by atoms with Crippen molar-refractivity contribution in [2.45, 2.75) is 52.2 Å². The number of aromatic nitrogens is 2. The highest BCUT2D eigenvalue weighted by atomic mass is 32.2. The van der Waals surface area contributed by atoms with Gasteiger partial charge in [-0.1, -0.05) is 24.8 Å². The van der Waals surface area contributed by atoms with Gasteiger partial charge in [-0.3, -0.25) is 9.98 Å². The molecule has 0 spiro atoms. The van der Waals surface area contributed by atoms with Crippen molar-refractivity contribution in [1.82, 2.24) is 14.5 Å².